The Morgan fingerprint density at radius 3 is 2.27 bits per heavy atom. The van der Waals surface area contributed by atoms with Crippen LogP contribution in [0.15, 0.2) is 53.4 Å². The number of benzene rings is 2. The highest BCUT2D eigenvalue weighted by Gasteiger charge is 2.33. The molecular formula is C17H18F3NO4S. The lowest BCUT2D eigenvalue weighted by Gasteiger charge is -2.14. The minimum Gasteiger partial charge on any atom is -0.494 e. The molecule has 0 aromatic heterocycles. The number of hydrogen-bond acceptors (Lipinski definition) is 4. The summed E-state index contributed by atoms with van der Waals surface area (Å²) in [5.41, 5.74) is 0.789. The number of halogens is 3. The van der Waals surface area contributed by atoms with Crippen LogP contribution in [0.2, 0.25) is 0 Å². The topological polar surface area (TPSA) is 64.6 Å². The van der Waals surface area contributed by atoms with E-state index in [9.17, 15) is 21.6 Å². The van der Waals surface area contributed by atoms with Crippen molar-refractivity contribution >= 4 is 10.0 Å². The molecule has 0 saturated heterocycles. The molecule has 0 spiro atoms. The lowest BCUT2D eigenvalue weighted by Crippen LogP contribution is -2.27. The Hall–Kier alpha value is -2.26. The van der Waals surface area contributed by atoms with E-state index in [1.54, 1.807) is 24.3 Å². The van der Waals surface area contributed by atoms with Crippen molar-refractivity contribution in [3.63, 3.8) is 0 Å². The molecule has 0 atom stereocenters. The molecule has 0 saturated carbocycles. The van der Waals surface area contributed by atoms with Crippen molar-refractivity contribution in [3.8, 4) is 11.5 Å². The van der Waals surface area contributed by atoms with Crippen LogP contribution in [0.4, 0.5) is 13.2 Å². The molecule has 26 heavy (non-hydrogen) atoms. The summed E-state index contributed by atoms with van der Waals surface area (Å²) in [5.74, 6) is -0.141. The second-order valence-corrected chi connectivity index (χ2v) is 6.92. The van der Waals surface area contributed by atoms with Gasteiger partial charge in [0.2, 0.25) is 10.0 Å². The van der Waals surface area contributed by atoms with Gasteiger partial charge in [-0.1, -0.05) is 30.3 Å². The van der Waals surface area contributed by atoms with Gasteiger partial charge in [0.15, 0.2) is 0 Å². The number of hydrogen-bond donors (Lipinski definition) is 1. The largest absolute Gasteiger partial charge is 0.573 e. The standard InChI is InChI=1S/C17H18F3NO4S/c1-2-24-14-8-4-3-7-13(14)11-12-21-26(22,23)16-10-6-5-9-15(16)25-17(18,19)20/h3-10,21H,2,11-12H2,1H3. The molecule has 2 rings (SSSR count). The number of para-hydroxylation sites is 2. The maximum atomic E-state index is 12.4. The summed E-state index contributed by atoms with van der Waals surface area (Å²) in [6.07, 6.45) is -4.67. The monoisotopic (exact) mass is 389 g/mol. The highest BCUT2D eigenvalue weighted by atomic mass is 32.2. The second kappa shape index (κ2) is 8.41. The summed E-state index contributed by atoms with van der Waals surface area (Å²) in [4.78, 5) is -0.574. The van der Waals surface area contributed by atoms with Gasteiger partial charge in [0.25, 0.3) is 0 Å². The Morgan fingerprint density at radius 2 is 1.62 bits per heavy atom. The molecule has 0 aliphatic carbocycles. The Morgan fingerprint density at radius 1 is 1.00 bits per heavy atom. The first-order valence-corrected chi connectivity index (χ1v) is 9.26. The van der Waals surface area contributed by atoms with Gasteiger partial charge in [-0.05, 0) is 37.1 Å². The normalized spacial score (nSPS) is 12.0. The summed E-state index contributed by atoms with van der Waals surface area (Å²) in [6.45, 7) is 2.29. The van der Waals surface area contributed by atoms with Crippen LogP contribution in [0, 0.1) is 0 Å². The van der Waals surface area contributed by atoms with E-state index < -0.39 is 27.0 Å². The molecular weight excluding hydrogens is 371 g/mol. The van der Waals surface area contributed by atoms with E-state index in [0.717, 1.165) is 17.7 Å². The predicted molar refractivity (Wildman–Crippen MR) is 89.6 cm³/mol. The zero-order chi connectivity index (χ0) is 19.2. The molecule has 142 valence electrons. The zero-order valence-corrected chi connectivity index (χ0v) is 14.7. The van der Waals surface area contributed by atoms with Crippen molar-refractivity contribution in [2.75, 3.05) is 13.2 Å². The average Bonchev–Trinajstić information content (AvgIpc) is 2.55. The van der Waals surface area contributed by atoms with Crippen molar-refractivity contribution < 1.29 is 31.1 Å². The van der Waals surface area contributed by atoms with E-state index in [0.29, 0.717) is 18.8 Å². The van der Waals surface area contributed by atoms with Gasteiger partial charge < -0.3 is 9.47 Å². The molecule has 9 heteroatoms. The van der Waals surface area contributed by atoms with Crippen LogP contribution < -0.4 is 14.2 Å². The molecule has 1 N–H and O–H groups in total. The summed E-state index contributed by atoms with van der Waals surface area (Å²) < 4.78 is 73.6. The minimum absolute atomic E-state index is 0.00717. The molecule has 0 aliphatic rings. The van der Waals surface area contributed by atoms with Crippen molar-refractivity contribution in [3.05, 3.63) is 54.1 Å². The van der Waals surface area contributed by atoms with Crippen LogP contribution in [0.5, 0.6) is 11.5 Å². The second-order valence-electron chi connectivity index (χ2n) is 5.18. The highest BCUT2D eigenvalue weighted by Crippen LogP contribution is 2.29. The van der Waals surface area contributed by atoms with E-state index in [1.807, 2.05) is 6.92 Å². The molecule has 5 nitrogen and oxygen atoms in total. The minimum atomic E-state index is -4.98. The summed E-state index contributed by atoms with van der Waals surface area (Å²) in [6, 6.07) is 11.7. The quantitative estimate of drug-likeness (QED) is 0.751. The lowest BCUT2D eigenvalue weighted by molar-refractivity contribution is -0.275. The molecule has 2 aromatic rings. The predicted octanol–water partition coefficient (Wildman–Crippen LogP) is 3.50. The maximum Gasteiger partial charge on any atom is 0.573 e. The third kappa shape index (κ3) is 5.63. The first-order chi connectivity index (χ1) is 12.2. The average molecular weight is 389 g/mol. The number of nitrogens with one attached hydrogen (secondary N) is 1. The van der Waals surface area contributed by atoms with Crippen molar-refractivity contribution in [1.29, 1.82) is 0 Å². The van der Waals surface area contributed by atoms with Crippen LogP contribution in [0.25, 0.3) is 0 Å². The smallest absolute Gasteiger partial charge is 0.494 e. The molecule has 0 amide bonds. The molecule has 0 fully saturated rings. The molecule has 0 aliphatic heterocycles. The maximum absolute atomic E-state index is 12.4. The molecule has 2 aromatic carbocycles. The van der Waals surface area contributed by atoms with Gasteiger partial charge in [-0.3, -0.25) is 0 Å². The Balaban J connectivity index is 2.11. The van der Waals surface area contributed by atoms with E-state index in [1.165, 1.54) is 12.1 Å². The van der Waals surface area contributed by atoms with Gasteiger partial charge in [-0.15, -0.1) is 13.2 Å². The first-order valence-electron chi connectivity index (χ1n) is 7.78. The Labute approximate surface area is 149 Å². The van der Waals surface area contributed by atoms with Crippen LogP contribution in [0.1, 0.15) is 12.5 Å². The van der Waals surface area contributed by atoms with E-state index in [4.69, 9.17) is 4.74 Å². The summed E-state index contributed by atoms with van der Waals surface area (Å²) >= 11 is 0. The zero-order valence-electron chi connectivity index (χ0n) is 13.9. The third-order valence-corrected chi connectivity index (χ3v) is 4.82. The van der Waals surface area contributed by atoms with E-state index in [2.05, 4.69) is 9.46 Å². The van der Waals surface area contributed by atoms with Gasteiger partial charge in [0.05, 0.1) is 6.61 Å². The molecule has 0 bridgehead atoms. The number of alkyl halides is 3. The van der Waals surface area contributed by atoms with Gasteiger partial charge in [-0.2, -0.15) is 0 Å². The van der Waals surface area contributed by atoms with Crippen LogP contribution in [-0.2, 0) is 16.4 Å². The summed E-state index contributed by atoms with van der Waals surface area (Å²) in [7, 11) is -4.17. The fourth-order valence-electron chi connectivity index (χ4n) is 2.29. The van der Waals surface area contributed by atoms with Crippen LogP contribution >= 0.6 is 0 Å². The number of rotatable bonds is 8. The summed E-state index contributed by atoms with van der Waals surface area (Å²) in [5, 5.41) is 0. The lowest BCUT2D eigenvalue weighted by atomic mass is 10.1. The number of sulfonamides is 1. The van der Waals surface area contributed by atoms with Crippen molar-refractivity contribution in [1.82, 2.24) is 4.72 Å². The third-order valence-electron chi connectivity index (χ3n) is 3.32. The van der Waals surface area contributed by atoms with Gasteiger partial charge in [-0.25, -0.2) is 13.1 Å². The fraction of sp³-hybridized carbons (Fsp3) is 0.294. The molecule has 0 heterocycles. The first kappa shape index (κ1) is 20.1. The van der Waals surface area contributed by atoms with Crippen molar-refractivity contribution in [2.24, 2.45) is 0 Å². The van der Waals surface area contributed by atoms with Crippen molar-refractivity contribution in [2.45, 2.75) is 24.6 Å². The molecule has 0 unspecified atom stereocenters. The van der Waals surface area contributed by atoms with Gasteiger partial charge in [0, 0.05) is 6.54 Å². The highest BCUT2D eigenvalue weighted by molar-refractivity contribution is 7.89. The molecule has 0 radical (unpaired) electrons. The fourth-order valence-corrected chi connectivity index (χ4v) is 3.44. The van der Waals surface area contributed by atoms with Crippen LogP contribution in [-0.4, -0.2) is 27.9 Å². The van der Waals surface area contributed by atoms with E-state index in [-0.39, 0.29) is 6.54 Å². The Bertz CT molecular complexity index is 838. The van der Waals surface area contributed by atoms with Gasteiger partial charge in [0.1, 0.15) is 16.4 Å². The Kier molecular flexibility index (Phi) is 6.49. The van der Waals surface area contributed by atoms with Gasteiger partial charge >= 0.3 is 6.36 Å². The van der Waals surface area contributed by atoms with Crippen LogP contribution in [0.3, 0.4) is 0 Å². The SMILES string of the molecule is CCOc1ccccc1CCNS(=O)(=O)c1ccccc1OC(F)(F)F. The van der Waals surface area contributed by atoms with E-state index >= 15 is 0 Å². The number of ether oxygens (including phenoxy) is 2.